The molecule has 1 amide bonds. The van der Waals surface area contributed by atoms with Gasteiger partial charge in [0, 0.05) is 18.8 Å². The van der Waals surface area contributed by atoms with Crippen molar-refractivity contribution in [2.24, 2.45) is 0 Å². The van der Waals surface area contributed by atoms with Crippen LogP contribution in [0.4, 0.5) is 14.6 Å². The van der Waals surface area contributed by atoms with Crippen LogP contribution < -0.4 is 10.0 Å². The number of imidazole rings is 2. The highest BCUT2D eigenvalue weighted by atomic mass is 32.2. The Kier molecular flexibility index (Phi) is 8.58. The number of rotatable bonds is 4. The van der Waals surface area contributed by atoms with Crippen LogP contribution in [0.1, 0.15) is 22.8 Å². The summed E-state index contributed by atoms with van der Waals surface area (Å²) in [5, 5.41) is 2.65. The maximum absolute atomic E-state index is 16.3. The number of carbonyl (C=O) groups excluding carboxylic acids is 1. The van der Waals surface area contributed by atoms with Crippen molar-refractivity contribution in [2.75, 3.05) is 25.1 Å². The van der Waals surface area contributed by atoms with Gasteiger partial charge in [0.05, 0.1) is 25.5 Å². The number of nitrogens with zero attached hydrogens (tertiary/aromatic N) is 8. The van der Waals surface area contributed by atoms with Gasteiger partial charge in [-0.3, -0.25) is 23.0 Å². The van der Waals surface area contributed by atoms with Crippen molar-refractivity contribution in [1.29, 1.82) is 0 Å². The Morgan fingerprint density at radius 1 is 0.941 bits per heavy atom. The number of benzene rings is 1. The van der Waals surface area contributed by atoms with Crippen LogP contribution in [0, 0.1) is 0 Å². The Labute approximate surface area is 286 Å². The SMILES string of the molecule is CP1(=O)OC[C@H]2O[C@@H](n3cnc4cncnc43)[C@H](OS(=O)(=O)NC[C@H]3O[C@@H](n4cnc5c(NC(=O)c6ccccc6)ncnc54)[C@H](F)[C@@H]3O1)[C@@H]2F. The van der Waals surface area contributed by atoms with Crippen molar-refractivity contribution >= 4 is 52.0 Å². The Morgan fingerprint density at radius 3 is 2.51 bits per heavy atom. The first-order valence-electron chi connectivity index (χ1n) is 15.3. The molecule has 0 spiro atoms. The third-order valence-corrected chi connectivity index (χ3v) is 10.7. The molecule has 5 aromatic rings. The van der Waals surface area contributed by atoms with E-state index in [1.807, 2.05) is 0 Å². The van der Waals surface area contributed by atoms with E-state index in [9.17, 15) is 17.8 Å². The average Bonchev–Trinajstić information content (AvgIpc) is 3.88. The van der Waals surface area contributed by atoms with Crippen LogP contribution in [0.3, 0.4) is 0 Å². The zero-order valence-electron chi connectivity index (χ0n) is 26.2. The lowest BCUT2D eigenvalue weighted by atomic mass is 10.1. The lowest BCUT2D eigenvalue weighted by Gasteiger charge is -2.25. The van der Waals surface area contributed by atoms with Crippen LogP contribution in [0.2, 0.25) is 0 Å². The van der Waals surface area contributed by atoms with Gasteiger partial charge in [0.25, 0.3) is 5.91 Å². The number of nitrogens with one attached hydrogen (secondary N) is 2. The van der Waals surface area contributed by atoms with Crippen LogP contribution >= 0.6 is 7.60 Å². The Morgan fingerprint density at radius 2 is 1.69 bits per heavy atom. The summed E-state index contributed by atoms with van der Waals surface area (Å²) in [6.45, 7) is -0.285. The van der Waals surface area contributed by atoms with Crippen molar-refractivity contribution < 1.29 is 49.3 Å². The maximum atomic E-state index is 16.3. The van der Waals surface area contributed by atoms with E-state index in [0.717, 1.165) is 13.0 Å². The fourth-order valence-corrected chi connectivity index (χ4v) is 8.16. The number of halogens is 2. The first-order chi connectivity index (χ1) is 24.5. The van der Waals surface area contributed by atoms with E-state index >= 15 is 8.78 Å². The Hall–Kier alpha value is -4.41. The highest BCUT2D eigenvalue weighted by molar-refractivity contribution is 7.84. The predicted octanol–water partition coefficient (Wildman–Crippen LogP) is 1.85. The summed E-state index contributed by atoms with van der Waals surface area (Å²) in [4.78, 5) is 37.5. The Bertz CT molecular complexity index is 2270. The van der Waals surface area contributed by atoms with Gasteiger partial charge in [-0.25, -0.2) is 42.9 Å². The molecule has 2 N–H and O–H groups in total. The smallest absolute Gasteiger partial charge is 0.336 e. The first kappa shape index (κ1) is 33.7. The second-order valence-electron chi connectivity index (χ2n) is 11.8. The van der Waals surface area contributed by atoms with Crippen molar-refractivity contribution in [3.05, 3.63) is 67.4 Å². The molecule has 0 aliphatic carbocycles. The highest BCUT2D eigenvalue weighted by Crippen LogP contribution is 2.51. The summed E-state index contributed by atoms with van der Waals surface area (Å²) >= 11 is 0. The number of hydrogen-bond acceptors (Lipinski definition) is 15. The molecule has 1 unspecified atom stereocenters. The lowest BCUT2D eigenvalue weighted by molar-refractivity contribution is -0.0464. The van der Waals surface area contributed by atoms with E-state index < -0.39 is 86.2 Å². The van der Waals surface area contributed by atoms with E-state index in [4.69, 9.17) is 22.7 Å². The van der Waals surface area contributed by atoms with Crippen molar-refractivity contribution in [1.82, 2.24) is 43.8 Å². The standard InChI is InChI=1S/C28H27F2N10O9PS/c1-50(42)45-9-17-18(29)22(28(47-17)39-12-35-15-7-31-10-33-24(15)39)49-51(43,44)37-8-16-21(48-50)19(30)27(46-16)40-13-36-20-23(32-11-34-25(20)40)38-26(41)14-5-3-2-4-6-14/h2-7,10-13,16-19,21-22,27-28,37H,8-9H2,1H3,(H,32,34,38,41)/t16-,17-,18-,19-,21-,22-,27-,28-,50?/m1/s1. The predicted molar refractivity (Wildman–Crippen MR) is 169 cm³/mol. The van der Waals surface area contributed by atoms with Crippen molar-refractivity contribution in [3.8, 4) is 0 Å². The quantitative estimate of drug-likeness (QED) is 0.250. The van der Waals surface area contributed by atoms with Crippen molar-refractivity contribution in [3.63, 3.8) is 0 Å². The molecule has 1 aromatic carbocycles. The summed E-state index contributed by atoms with van der Waals surface area (Å²) in [7, 11) is -8.98. The molecule has 8 rings (SSSR count). The molecule has 0 radical (unpaired) electrons. The zero-order valence-corrected chi connectivity index (χ0v) is 27.9. The van der Waals surface area contributed by atoms with Gasteiger partial charge in [0.1, 0.15) is 36.5 Å². The minimum Gasteiger partial charge on any atom is -0.347 e. The molecule has 51 heavy (non-hydrogen) atoms. The number of aromatic nitrogens is 8. The number of carbonyl (C=O) groups is 1. The summed E-state index contributed by atoms with van der Waals surface area (Å²) < 4.78 is 105. The molecule has 7 heterocycles. The molecule has 3 fully saturated rings. The van der Waals surface area contributed by atoms with Gasteiger partial charge in [0.15, 0.2) is 53.5 Å². The molecule has 9 atom stereocenters. The summed E-state index contributed by atoms with van der Waals surface area (Å²) in [5.74, 6) is -0.439. The largest absolute Gasteiger partial charge is 0.347 e. The number of anilines is 1. The van der Waals surface area contributed by atoms with E-state index in [1.165, 1.54) is 34.3 Å². The van der Waals surface area contributed by atoms with Crippen LogP contribution in [0.15, 0.2) is 61.8 Å². The van der Waals surface area contributed by atoms with E-state index in [-0.39, 0.29) is 22.6 Å². The van der Waals surface area contributed by atoms with Gasteiger partial charge in [-0.2, -0.15) is 13.1 Å². The molecule has 23 heteroatoms. The topological polar surface area (TPSA) is 226 Å². The fraction of sp³-hybridized carbons (Fsp3) is 0.393. The second kappa shape index (κ2) is 13.0. The van der Waals surface area contributed by atoms with Crippen LogP contribution in [0.5, 0.6) is 0 Å². The molecular weight excluding hydrogens is 721 g/mol. The van der Waals surface area contributed by atoms with E-state index in [2.05, 4.69) is 39.9 Å². The van der Waals surface area contributed by atoms with Gasteiger partial charge >= 0.3 is 17.9 Å². The summed E-state index contributed by atoms with van der Waals surface area (Å²) in [5.41, 5.74) is 1.04. The number of alkyl halides is 2. The van der Waals surface area contributed by atoms with Crippen LogP contribution in [0.25, 0.3) is 22.3 Å². The third-order valence-electron chi connectivity index (χ3n) is 8.43. The summed E-state index contributed by atoms with van der Waals surface area (Å²) in [6, 6.07) is 8.35. The van der Waals surface area contributed by atoms with Gasteiger partial charge in [-0.05, 0) is 12.1 Å². The number of fused-ring (bicyclic) bond motifs is 5. The lowest BCUT2D eigenvalue weighted by Crippen LogP contribution is -2.43. The normalized spacial score (nSPS) is 32.5. The molecule has 3 aliphatic rings. The number of ether oxygens (including phenoxy) is 2. The molecule has 268 valence electrons. The fourth-order valence-electron chi connectivity index (χ4n) is 6.06. The van der Waals surface area contributed by atoms with Crippen LogP contribution in [-0.2, 0) is 37.6 Å². The minimum atomic E-state index is -4.78. The average molecular weight is 749 g/mol. The van der Waals surface area contributed by atoms with E-state index in [1.54, 1.807) is 30.3 Å². The molecule has 0 saturated carbocycles. The second-order valence-corrected chi connectivity index (χ2v) is 15.2. The molecular formula is C28H27F2N10O9PS. The van der Waals surface area contributed by atoms with Gasteiger partial charge in [-0.1, -0.05) is 18.2 Å². The molecule has 2 bridgehead atoms. The third kappa shape index (κ3) is 6.37. The minimum absolute atomic E-state index is 0.0358. The zero-order chi connectivity index (χ0) is 35.5. The molecule has 3 saturated heterocycles. The number of hydrogen-bond donors (Lipinski definition) is 2. The molecule has 19 nitrogen and oxygen atoms in total. The van der Waals surface area contributed by atoms with Gasteiger partial charge in [0.2, 0.25) is 0 Å². The monoisotopic (exact) mass is 748 g/mol. The van der Waals surface area contributed by atoms with Gasteiger partial charge in [-0.15, -0.1) is 0 Å². The first-order valence-corrected chi connectivity index (χ1v) is 18.7. The number of amides is 1. The Balaban J connectivity index is 1.07. The molecule has 4 aromatic heterocycles. The molecule has 3 aliphatic heterocycles. The van der Waals surface area contributed by atoms with Crippen LogP contribution in [-0.4, -0.2) is 110 Å². The van der Waals surface area contributed by atoms with Gasteiger partial charge < -0.3 is 19.3 Å². The van der Waals surface area contributed by atoms with Crippen molar-refractivity contribution in [2.45, 2.75) is 49.2 Å². The highest BCUT2D eigenvalue weighted by Gasteiger charge is 2.53. The summed E-state index contributed by atoms with van der Waals surface area (Å²) in [6.07, 6.45) is -7.30. The maximum Gasteiger partial charge on any atom is 0.336 e. The van der Waals surface area contributed by atoms with E-state index in [0.29, 0.717) is 11.1 Å².